The van der Waals surface area contributed by atoms with Gasteiger partial charge in [-0.2, -0.15) is 0 Å². The number of aromatic nitrogens is 1. The molecular weight excluding hydrogens is 234 g/mol. The summed E-state index contributed by atoms with van der Waals surface area (Å²) in [6.07, 6.45) is 8.50. The van der Waals surface area contributed by atoms with Crippen molar-refractivity contribution in [3.8, 4) is 0 Å². The third-order valence-corrected chi connectivity index (χ3v) is 4.67. The Kier molecular flexibility index (Phi) is 4.81. The van der Waals surface area contributed by atoms with Crippen LogP contribution in [-0.4, -0.2) is 12.0 Å². The summed E-state index contributed by atoms with van der Waals surface area (Å²) in [6.45, 7) is 4.39. The zero-order valence-corrected chi connectivity index (χ0v) is 12.4. The van der Waals surface area contributed by atoms with Crippen molar-refractivity contribution < 1.29 is 0 Å². The minimum Gasteiger partial charge on any atom is -0.383 e. The predicted octanol–water partition coefficient (Wildman–Crippen LogP) is 3.45. The average Bonchev–Trinajstić information content (AvgIpc) is 2.44. The molecule has 3 N–H and O–H groups in total. The molecule has 0 bridgehead atoms. The lowest BCUT2D eigenvalue weighted by atomic mass is 9.76. The van der Waals surface area contributed by atoms with Gasteiger partial charge in [-0.1, -0.05) is 26.2 Å². The number of nitrogens with two attached hydrogens (primary N) is 1. The third kappa shape index (κ3) is 3.27. The van der Waals surface area contributed by atoms with Gasteiger partial charge in [-0.25, -0.2) is 4.98 Å². The van der Waals surface area contributed by atoms with Gasteiger partial charge in [0.2, 0.25) is 0 Å². The van der Waals surface area contributed by atoms with E-state index in [1.54, 1.807) is 0 Å². The topological polar surface area (TPSA) is 50.9 Å². The molecule has 1 unspecified atom stereocenters. The molecule has 1 aliphatic carbocycles. The van der Waals surface area contributed by atoms with Crippen molar-refractivity contribution in [2.24, 2.45) is 11.8 Å². The smallest absolute Gasteiger partial charge is 0.128 e. The van der Waals surface area contributed by atoms with Gasteiger partial charge in [0.25, 0.3) is 0 Å². The summed E-state index contributed by atoms with van der Waals surface area (Å²) in [5, 5.41) is 3.47. The molecule has 1 fully saturated rings. The average molecular weight is 261 g/mol. The van der Waals surface area contributed by atoms with Gasteiger partial charge in [0, 0.05) is 17.8 Å². The van der Waals surface area contributed by atoms with E-state index in [0.717, 1.165) is 5.92 Å². The molecule has 0 amide bonds. The van der Waals surface area contributed by atoms with Crippen molar-refractivity contribution in [3.63, 3.8) is 0 Å². The van der Waals surface area contributed by atoms with Crippen LogP contribution in [0.1, 0.15) is 56.2 Å². The van der Waals surface area contributed by atoms with Gasteiger partial charge in [-0.05, 0) is 50.3 Å². The number of nitrogens with one attached hydrogen (secondary N) is 1. The number of hydrogen-bond donors (Lipinski definition) is 2. The number of rotatable bonds is 4. The number of hydrogen-bond acceptors (Lipinski definition) is 3. The summed E-state index contributed by atoms with van der Waals surface area (Å²) in [4.78, 5) is 4.31. The first-order valence-electron chi connectivity index (χ1n) is 7.55. The predicted molar refractivity (Wildman–Crippen MR) is 80.9 cm³/mol. The summed E-state index contributed by atoms with van der Waals surface area (Å²) in [7, 11) is 2.04. The molecule has 0 aromatic carbocycles. The van der Waals surface area contributed by atoms with E-state index in [4.69, 9.17) is 5.73 Å². The normalized spacial score (nSPS) is 25.2. The molecule has 0 radical (unpaired) electrons. The Balaban J connectivity index is 2.14. The zero-order valence-electron chi connectivity index (χ0n) is 12.4. The molecule has 0 spiro atoms. The van der Waals surface area contributed by atoms with Gasteiger partial charge in [-0.3, -0.25) is 0 Å². The molecule has 1 aromatic rings. The summed E-state index contributed by atoms with van der Waals surface area (Å²) in [6, 6.07) is 2.54. The van der Waals surface area contributed by atoms with Crippen LogP contribution in [0.3, 0.4) is 0 Å². The first kappa shape index (κ1) is 14.3. The fourth-order valence-corrected chi connectivity index (χ4v) is 3.43. The largest absolute Gasteiger partial charge is 0.383 e. The quantitative estimate of drug-likeness (QED) is 0.873. The minimum absolute atomic E-state index is 0.352. The second-order valence-electron chi connectivity index (χ2n) is 5.94. The van der Waals surface area contributed by atoms with Crippen LogP contribution >= 0.6 is 0 Å². The van der Waals surface area contributed by atoms with E-state index in [9.17, 15) is 0 Å². The van der Waals surface area contributed by atoms with Crippen molar-refractivity contribution in [2.75, 3.05) is 12.8 Å². The second-order valence-corrected chi connectivity index (χ2v) is 5.94. The van der Waals surface area contributed by atoms with E-state index in [1.807, 2.05) is 13.2 Å². The Morgan fingerprint density at radius 3 is 2.63 bits per heavy atom. The van der Waals surface area contributed by atoms with Crippen molar-refractivity contribution in [1.82, 2.24) is 10.3 Å². The molecule has 1 heterocycles. The highest BCUT2D eigenvalue weighted by atomic mass is 14.9. The number of aryl methyl sites for hydroxylation is 1. The van der Waals surface area contributed by atoms with Crippen molar-refractivity contribution in [3.05, 3.63) is 23.4 Å². The van der Waals surface area contributed by atoms with E-state index in [2.05, 4.69) is 30.2 Å². The molecular formula is C16H27N3. The molecule has 0 saturated heterocycles. The Bertz CT molecular complexity index is 408. The van der Waals surface area contributed by atoms with Crippen LogP contribution in [0.4, 0.5) is 5.82 Å². The van der Waals surface area contributed by atoms with Crippen LogP contribution in [0.15, 0.2) is 12.3 Å². The monoisotopic (exact) mass is 261 g/mol. The van der Waals surface area contributed by atoms with E-state index < -0.39 is 0 Å². The fourth-order valence-electron chi connectivity index (χ4n) is 3.43. The Hall–Kier alpha value is -1.09. The number of nitrogens with zero attached hydrogens (tertiary/aromatic N) is 1. The highest BCUT2D eigenvalue weighted by Crippen LogP contribution is 2.38. The molecule has 1 saturated carbocycles. The number of anilines is 1. The van der Waals surface area contributed by atoms with Crippen LogP contribution in [0.25, 0.3) is 0 Å². The van der Waals surface area contributed by atoms with Gasteiger partial charge in [0.1, 0.15) is 5.82 Å². The summed E-state index contributed by atoms with van der Waals surface area (Å²) in [5.41, 5.74) is 8.44. The maximum Gasteiger partial charge on any atom is 0.128 e. The minimum atomic E-state index is 0.352. The van der Waals surface area contributed by atoms with Gasteiger partial charge >= 0.3 is 0 Å². The SMILES string of the molecule is CCC1CCC(C(NC)c2cc(C)cnc2N)CC1. The van der Waals surface area contributed by atoms with Gasteiger partial charge in [-0.15, -0.1) is 0 Å². The summed E-state index contributed by atoms with van der Waals surface area (Å²) in [5.74, 6) is 2.31. The van der Waals surface area contributed by atoms with Gasteiger partial charge in [0.15, 0.2) is 0 Å². The first-order chi connectivity index (χ1) is 9.15. The second kappa shape index (κ2) is 6.38. The molecule has 19 heavy (non-hydrogen) atoms. The third-order valence-electron chi connectivity index (χ3n) is 4.67. The maximum absolute atomic E-state index is 6.07. The molecule has 3 nitrogen and oxygen atoms in total. The molecule has 1 aliphatic rings. The lowest BCUT2D eigenvalue weighted by Crippen LogP contribution is -2.29. The Morgan fingerprint density at radius 2 is 2.05 bits per heavy atom. The Labute approximate surface area is 117 Å². The van der Waals surface area contributed by atoms with Gasteiger partial charge in [0.05, 0.1) is 0 Å². The maximum atomic E-state index is 6.07. The molecule has 3 heteroatoms. The number of nitrogen functional groups attached to an aromatic ring is 1. The Morgan fingerprint density at radius 1 is 1.37 bits per heavy atom. The molecule has 2 rings (SSSR count). The van der Waals surface area contributed by atoms with Crippen LogP contribution in [0.5, 0.6) is 0 Å². The molecule has 106 valence electrons. The first-order valence-corrected chi connectivity index (χ1v) is 7.55. The van der Waals surface area contributed by atoms with Crippen LogP contribution < -0.4 is 11.1 Å². The van der Waals surface area contributed by atoms with E-state index in [0.29, 0.717) is 17.8 Å². The van der Waals surface area contributed by atoms with Crippen molar-refractivity contribution in [1.29, 1.82) is 0 Å². The molecule has 1 aromatic heterocycles. The van der Waals surface area contributed by atoms with Crippen molar-refractivity contribution >= 4 is 5.82 Å². The van der Waals surface area contributed by atoms with E-state index >= 15 is 0 Å². The van der Waals surface area contributed by atoms with E-state index in [1.165, 1.54) is 43.2 Å². The highest BCUT2D eigenvalue weighted by Gasteiger charge is 2.28. The lowest BCUT2D eigenvalue weighted by Gasteiger charge is -2.34. The van der Waals surface area contributed by atoms with Crippen LogP contribution in [0.2, 0.25) is 0 Å². The fraction of sp³-hybridized carbons (Fsp3) is 0.688. The lowest BCUT2D eigenvalue weighted by molar-refractivity contribution is 0.224. The zero-order chi connectivity index (χ0) is 13.8. The van der Waals surface area contributed by atoms with Crippen LogP contribution in [-0.2, 0) is 0 Å². The molecule has 1 atom stereocenters. The van der Waals surface area contributed by atoms with Crippen molar-refractivity contribution in [2.45, 2.75) is 52.0 Å². The number of pyridine rings is 1. The van der Waals surface area contributed by atoms with E-state index in [-0.39, 0.29) is 0 Å². The summed E-state index contributed by atoms with van der Waals surface area (Å²) >= 11 is 0. The highest BCUT2D eigenvalue weighted by molar-refractivity contribution is 5.43. The summed E-state index contributed by atoms with van der Waals surface area (Å²) < 4.78 is 0. The van der Waals surface area contributed by atoms with Gasteiger partial charge < -0.3 is 11.1 Å². The molecule has 0 aliphatic heterocycles. The van der Waals surface area contributed by atoms with Crippen LogP contribution in [0, 0.1) is 18.8 Å². The standard InChI is InChI=1S/C16H27N3/c1-4-12-5-7-13(8-6-12)15(18-3)14-9-11(2)10-19-16(14)17/h9-10,12-13,15,18H,4-8H2,1-3H3,(H2,17,19).